The summed E-state index contributed by atoms with van der Waals surface area (Å²) in [7, 11) is -2.16. The third-order valence-corrected chi connectivity index (χ3v) is 9.93. The number of pyridine rings is 1. The zero-order chi connectivity index (χ0) is 27.6. The molecule has 3 aromatic rings. The van der Waals surface area contributed by atoms with Crippen LogP contribution < -0.4 is 4.74 Å². The minimum atomic E-state index is -3.73. The molecule has 2 aliphatic rings. The lowest BCUT2D eigenvalue weighted by molar-refractivity contribution is -0.138. The summed E-state index contributed by atoms with van der Waals surface area (Å²) >= 11 is 0. The van der Waals surface area contributed by atoms with Crippen LogP contribution in [0.5, 0.6) is 5.75 Å². The molecule has 0 N–H and O–H groups in total. The summed E-state index contributed by atoms with van der Waals surface area (Å²) in [5.74, 6) is 0.553. The highest BCUT2D eigenvalue weighted by Crippen LogP contribution is 2.32. The molecule has 4 heterocycles. The Hall–Kier alpha value is -3.21. The molecule has 5 rings (SSSR count). The second kappa shape index (κ2) is 11.5. The number of fused-ring (bicyclic) bond motifs is 1. The van der Waals surface area contributed by atoms with Gasteiger partial charge >= 0.3 is 0 Å². The second-order valence-corrected chi connectivity index (χ2v) is 12.1. The van der Waals surface area contributed by atoms with Crippen molar-refractivity contribution in [2.45, 2.75) is 57.1 Å². The van der Waals surface area contributed by atoms with E-state index in [-0.39, 0.29) is 25.2 Å². The van der Waals surface area contributed by atoms with Gasteiger partial charge in [-0.2, -0.15) is 4.31 Å². The highest BCUT2D eigenvalue weighted by Gasteiger charge is 2.36. The standard InChI is InChI=1S/C29H36N4O5S/c1-21-15-26(37-3)16-22(2)29(21)39(35,36)33-12-5-4-8-25(33)19-38-20-28(34)31-13-14-32-24(18-31)9-10-27(32)23-7-6-11-30-17-23/h6-7,9-11,15-17,25H,4-5,8,12-14,18-20H2,1-3H3. The van der Waals surface area contributed by atoms with Crippen molar-refractivity contribution in [3.63, 3.8) is 0 Å². The van der Waals surface area contributed by atoms with Crippen molar-refractivity contribution in [1.29, 1.82) is 0 Å². The first kappa shape index (κ1) is 27.4. The number of aromatic nitrogens is 2. The van der Waals surface area contributed by atoms with Crippen LogP contribution in [0.3, 0.4) is 0 Å². The first-order valence-corrected chi connectivity index (χ1v) is 14.8. The quantitative estimate of drug-likeness (QED) is 0.422. The van der Waals surface area contributed by atoms with Gasteiger partial charge in [-0.15, -0.1) is 0 Å². The van der Waals surface area contributed by atoms with Crippen molar-refractivity contribution in [3.8, 4) is 17.0 Å². The number of amides is 1. The monoisotopic (exact) mass is 552 g/mol. The summed E-state index contributed by atoms with van der Waals surface area (Å²) in [4.78, 5) is 19.4. The van der Waals surface area contributed by atoms with Gasteiger partial charge in [-0.05, 0) is 74.2 Å². The fourth-order valence-corrected chi connectivity index (χ4v) is 7.86. The number of sulfonamides is 1. The average molecular weight is 553 g/mol. The molecule has 0 radical (unpaired) electrons. The highest BCUT2D eigenvalue weighted by atomic mass is 32.2. The molecular weight excluding hydrogens is 516 g/mol. The van der Waals surface area contributed by atoms with Crippen LogP contribution in [0.1, 0.15) is 36.1 Å². The maximum absolute atomic E-state index is 13.8. The normalized spacial score (nSPS) is 18.1. The van der Waals surface area contributed by atoms with E-state index in [1.54, 1.807) is 43.6 Å². The predicted octanol–water partition coefficient (Wildman–Crippen LogP) is 3.78. The topological polar surface area (TPSA) is 94.0 Å². The van der Waals surface area contributed by atoms with Crippen molar-refractivity contribution in [1.82, 2.24) is 18.8 Å². The summed E-state index contributed by atoms with van der Waals surface area (Å²) in [5, 5.41) is 0. The molecule has 1 aromatic carbocycles. The molecular formula is C29H36N4O5S. The number of carbonyl (C=O) groups excluding carboxylic acids is 1. The van der Waals surface area contributed by atoms with Crippen LogP contribution >= 0.6 is 0 Å². The molecule has 2 aromatic heterocycles. The fourth-order valence-electron chi connectivity index (χ4n) is 5.77. The van der Waals surface area contributed by atoms with E-state index in [0.29, 0.717) is 54.4 Å². The van der Waals surface area contributed by atoms with E-state index in [4.69, 9.17) is 9.47 Å². The SMILES string of the molecule is COc1cc(C)c(S(=O)(=O)N2CCCCC2COCC(=O)N2CCn3c(ccc3-c3cccnc3)C2)c(C)c1. The smallest absolute Gasteiger partial charge is 0.248 e. The molecule has 1 amide bonds. The van der Waals surface area contributed by atoms with Crippen molar-refractivity contribution < 1.29 is 22.7 Å². The van der Waals surface area contributed by atoms with Crippen LogP contribution in [-0.4, -0.2) is 72.5 Å². The van der Waals surface area contributed by atoms with Crippen LogP contribution in [0.15, 0.2) is 53.7 Å². The van der Waals surface area contributed by atoms with Crippen LogP contribution in [-0.2, 0) is 32.6 Å². The first-order chi connectivity index (χ1) is 18.8. The third-order valence-electron chi connectivity index (χ3n) is 7.67. The van der Waals surface area contributed by atoms with Gasteiger partial charge in [-0.3, -0.25) is 9.78 Å². The minimum absolute atomic E-state index is 0.0683. The molecule has 1 fully saturated rings. The minimum Gasteiger partial charge on any atom is -0.497 e. The summed E-state index contributed by atoms with van der Waals surface area (Å²) in [6.45, 7) is 5.97. The number of piperidine rings is 1. The van der Waals surface area contributed by atoms with Crippen molar-refractivity contribution >= 4 is 15.9 Å². The van der Waals surface area contributed by atoms with Gasteiger partial charge in [0.05, 0.1) is 25.2 Å². The van der Waals surface area contributed by atoms with E-state index in [1.165, 1.54) is 0 Å². The molecule has 9 nitrogen and oxygen atoms in total. The number of carbonyl (C=O) groups is 1. The van der Waals surface area contributed by atoms with E-state index in [9.17, 15) is 13.2 Å². The predicted molar refractivity (Wildman–Crippen MR) is 148 cm³/mol. The lowest BCUT2D eigenvalue weighted by atomic mass is 10.1. The summed E-state index contributed by atoms with van der Waals surface area (Å²) in [5.41, 5.74) is 4.55. The number of rotatable bonds is 8. The second-order valence-electron chi connectivity index (χ2n) is 10.3. The van der Waals surface area contributed by atoms with Gasteiger partial charge in [-0.25, -0.2) is 8.42 Å². The molecule has 10 heteroatoms. The van der Waals surface area contributed by atoms with Gasteiger partial charge < -0.3 is 18.9 Å². The Labute approximate surface area is 230 Å². The van der Waals surface area contributed by atoms with Gasteiger partial charge in [0.25, 0.3) is 0 Å². The summed E-state index contributed by atoms with van der Waals surface area (Å²) in [6.07, 6.45) is 6.04. The van der Waals surface area contributed by atoms with Crippen LogP contribution in [0, 0.1) is 13.8 Å². The van der Waals surface area contributed by atoms with Crippen LogP contribution in [0.25, 0.3) is 11.3 Å². The molecule has 1 atom stereocenters. The zero-order valence-corrected chi connectivity index (χ0v) is 23.6. The Morgan fingerprint density at radius 1 is 1.08 bits per heavy atom. The van der Waals surface area contributed by atoms with E-state index in [0.717, 1.165) is 29.8 Å². The molecule has 1 saturated heterocycles. The summed E-state index contributed by atoms with van der Waals surface area (Å²) in [6, 6.07) is 11.3. The molecule has 0 spiro atoms. The molecule has 0 bridgehead atoms. The van der Waals surface area contributed by atoms with Gasteiger partial charge in [0.2, 0.25) is 15.9 Å². The molecule has 208 valence electrons. The molecule has 2 aliphatic heterocycles. The molecule has 1 unspecified atom stereocenters. The molecule has 0 aliphatic carbocycles. The van der Waals surface area contributed by atoms with E-state index in [1.807, 2.05) is 23.2 Å². The number of hydrogen-bond acceptors (Lipinski definition) is 6. The Morgan fingerprint density at radius 2 is 1.87 bits per heavy atom. The first-order valence-electron chi connectivity index (χ1n) is 13.4. The lowest BCUT2D eigenvalue weighted by Crippen LogP contribution is -2.47. The number of nitrogens with zero attached hydrogens (tertiary/aromatic N) is 4. The number of aryl methyl sites for hydroxylation is 2. The lowest BCUT2D eigenvalue weighted by Gasteiger charge is -2.35. The highest BCUT2D eigenvalue weighted by molar-refractivity contribution is 7.89. The van der Waals surface area contributed by atoms with Crippen molar-refractivity contribution in [3.05, 3.63) is 65.6 Å². The van der Waals surface area contributed by atoms with Crippen LogP contribution in [0.2, 0.25) is 0 Å². The number of hydrogen-bond donors (Lipinski definition) is 0. The van der Waals surface area contributed by atoms with Crippen molar-refractivity contribution in [2.24, 2.45) is 0 Å². The van der Waals surface area contributed by atoms with E-state index >= 15 is 0 Å². The Morgan fingerprint density at radius 3 is 2.59 bits per heavy atom. The number of methoxy groups -OCH3 is 1. The molecule has 0 saturated carbocycles. The van der Waals surface area contributed by atoms with Crippen molar-refractivity contribution in [2.75, 3.05) is 33.4 Å². The largest absolute Gasteiger partial charge is 0.497 e. The van der Waals surface area contributed by atoms with Crippen LogP contribution in [0.4, 0.5) is 0 Å². The third kappa shape index (κ3) is 5.59. The Balaban J connectivity index is 1.21. The van der Waals surface area contributed by atoms with Gasteiger partial charge in [-0.1, -0.05) is 6.42 Å². The zero-order valence-electron chi connectivity index (χ0n) is 22.8. The molecule has 39 heavy (non-hydrogen) atoms. The number of ether oxygens (including phenoxy) is 2. The maximum atomic E-state index is 13.8. The van der Waals surface area contributed by atoms with E-state index in [2.05, 4.69) is 21.7 Å². The van der Waals surface area contributed by atoms with Gasteiger partial charge in [0, 0.05) is 55.0 Å². The summed E-state index contributed by atoms with van der Waals surface area (Å²) < 4.78 is 42.5. The Kier molecular flexibility index (Phi) is 8.06. The van der Waals surface area contributed by atoms with Gasteiger partial charge in [0.15, 0.2) is 0 Å². The number of benzene rings is 1. The van der Waals surface area contributed by atoms with E-state index < -0.39 is 10.0 Å². The fraction of sp³-hybridized carbons (Fsp3) is 0.448. The maximum Gasteiger partial charge on any atom is 0.248 e. The van der Waals surface area contributed by atoms with Gasteiger partial charge in [0.1, 0.15) is 12.4 Å². The Bertz CT molecular complexity index is 1410. The average Bonchev–Trinajstić information content (AvgIpc) is 3.36.